The molecule has 1 saturated carbocycles. The van der Waals surface area contributed by atoms with Crippen molar-refractivity contribution in [2.45, 2.75) is 37.1 Å². The molecule has 0 saturated heterocycles. The van der Waals surface area contributed by atoms with Gasteiger partial charge in [-0.15, -0.1) is 0 Å². The average Bonchev–Trinajstić information content (AvgIpc) is 2.64. The van der Waals surface area contributed by atoms with E-state index in [1.807, 2.05) is 6.07 Å². The lowest BCUT2D eigenvalue weighted by Crippen LogP contribution is -2.32. The molecule has 1 fully saturated rings. The smallest absolute Gasteiger partial charge is 0.208 e. The van der Waals surface area contributed by atoms with Gasteiger partial charge in [-0.05, 0) is 37.3 Å². The molecule has 2 rings (SSSR count). The topological polar surface area (TPSA) is 46.2 Å². The van der Waals surface area contributed by atoms with Gasteiger partial charge in [0.1, 0.15) is 0 Å². The Hall–Kier alpha value is -0.870. The molecule has 3 nitrogen and oxygen atoms in total. The van der Waals surface area contributed by atoms with Gasteiger partial charge in [0.05, 0.1) is 4.90 Å². The van der Waals surface area contributed by atoms with E-state index in [0.717, 1.165) is 19.3 Å². The number of nitrogens with one attached hydrogen (secondary N) is 1. The number of hydrogen-bond acceptors (Lipinski definition) is 2. The van der Waals surface area contributed by atoms with Crippen LogP contribution in [0.15, 0.2) is 35.2 Å². The predicted octanol–water partition coefficient (Wildman–Crippen LogP) is 2.15. The third-order valence-corrected chi connectivity index (χ3v) is 4.61. The van der Waals surface area contributed by atoms with Crippen molar-refractivity contribution in [2.24, 2.45) is 5.92 Å². The van der Waals surface area contributed by atoms with Crippen molar-refractivity contribution in [1.29, 1.82) is 0 Å². The summed E-state index contributed by atoms with van der Waals surface area (Å²) in [5.41, 5.74) is 0. The zero-order valence-electron chi connectivity index (χ0n) is 9.39. The lowest BCUT2D eigenvalue weighted by Gasteiger charge is -2.12. The summed E-state index contributed by atoms with van der Waals surface area (Å²) in [7, 11) is -3.32. The van der Waals surface area contributed by atoms with Crippen LogP contribution in [0.3, 0.4) is 0 Å². The minimum absolute atomic E-state index is 0.111. The van der Waals surface area contributed by atoms with E-state index in [4.69, 9.17) is 0 Å². The molecule has 1 aliphatic carbocycles. The second-order valence-corrected chi connectivity index (χ2v) is 6.26. The maximum Gasteiger partial charge on any atom is 0.240 e. The van der Waals surface area contributed by atoms with Crippen LogP contribution < -0.4 is 4.72 Å². The minimum Gasteiger partial charge on any atom is -0.208 e. The first-order valence-electron chi connectivity index (χ1n) is 5.65. The summed E-state index contributed by atoms with van der Waals surface area (Å²) in [5, 5.41) is 0. The van der Waals surface area contributed by atoms with Crippen LogP contribution in [0.2, 0.25) is 0 Å². The number of hydrogen-bond donors (Lipinski definition) is 1. The van der Waals surface area contributed by atoms with Crippen LogP contribution in [0.1, 0.15) is 26.2 Å². The maximum atomic E-state index is 12.0. The summed E-state index contributed by atoms with van der Waals surface area (Å²) in [6.07, 6.45) is 3.02. The second kappa shape index (κ2) is 4.55. The van der Waals surface area contributed by atoms with Gasteiger partial charge in [0.15, 0.2) is 0 Å². The molecule has 0 aromatic heterocycles. The first-order chi connectivity index (χ1) is 7.58. The number of rotatable bonds is 3. The van der Waals surface area contributed by atoms with Crippen molar-refractivity contribution >= 4 is 10.0 Å². The highest BCUT2D eigenvalue weighted by atomic mass is 32.2. The van der Waals surface area contributed by atoms with Crippen molar-refractivity contribution in [2.75, 3.05) is 0 Å². The molecule has 1 aromatic rings. The molecule has 0 amide bonds. The van der Waals surface area contributed by atoms with Crippen LogP contribution in [0.5, 0.6) is 0 Å². The predicted molar refractivity (Wildman–Crippen MR) is 63.6 cm³/mol. The molecule has 1 aromatic carbocycles. The van der Waals surface area contributed by atoms with Crippen LogP contribution in [0.4, 0.5) is 0 Å². The normalized spacial score (nSPS) is 25.8. The van der Waals surface area contributed by atoms with Gasteiger partial charge >= 0.3 is 0 Å². The Morgan fingerprint density at radius 3 is 2.44 bits per heavy atom. The molecule has 0 bridgehead atoms. The van der Waals surface area contributed by atoms with Gasteiger partial charge in [0, 0.05) is 6.04 Å². The Morgan fingerprint density at radius 2 is 1.88 bits per heavy atom. The first kappa shape index (κ1) is 11.6. The van der Waals surface area contributed by atoms with E-state index in [1.54, 1.807) is 24.3 Å². The van der Waals surface area contributed by atoms with Crippen LogP contribution in [-0.4, -0.2) is 14.5 Å². The van der Waals surface area contributed by atoms with E-state index < -0.39 is 10.0 Å². The molecule has 1 N–H and O–H groups in total. The molecule has 88 valence electrons. The third-order valence-electron chi connectivity index (χ3n) is 3.07. The van der Waals surface area contributed by atoms with Gasteiger partial charge in [-0.3, -0.25) is 0 Å². The standard InChI is InChI=1S/C12H17NO2S/c1-10-7-8-11(9-10)13-16(14,15)12-5-3-2-4-6-12/h2-6,10-11,13H,7-9H2,1H3/t10-,11-/m0/s1. The van der Waals surface area contributed by atoms with Crippen molar-refractivity contribution in [1.82, 2.24) is 4.72 Å². The number of benzene rings is 1. The summed E-state index contributed by atoms with van der Waals surface area (Å²) in [6, 6.07) is 8.66. The molecule has 0 radical (unpaired) electrons. The Balaban J connectivity index is 2.09. The van der Waals surface area contributed by atoms with Crippen LogP contribution in [0.25, 0.3) is 0 Å². The van der Waals surface area contributed by atoms with Crippen LogP contribution >= 0.6 is 0 Å². The van der Waals surface area contributed by atoms with E-state index >= 15 is 0 Å². The van der Waals surface area contributed by atoms with Crippen LogP contribution in [0, 0.1) is 5.92 Å². The van der Waals surface area contributed by atoms with Crippen molar-refractivity contribution in [3.05, 3.63) is 30.3 Å². The van der Waals surface area contributed by atoms with E-state index in [-0.39, 0.29) is 6.04 Å². The Bertz CT molecular complexity index is 441. The number of sulfonamides is 1. The molecule has 0 unspecified atom stereocenters. The highest BCUT2D eigenvalue weighted by molar-refractivity contribution is 7.89. The lowest BCUT2D eigenvalue weighted by molar-refractivity contribution is 0.538. The van der Waals surface area contributed by atoms with E-state index in [9.17, 15) is 8.42 Å². The van der Waals surface area contributed by atoms with E-state index in [1.165, 1.54) is 0 Å². The Kier molecular flexibility index (Phi) is 3.30. The van der Waals surface area contributed by atoms with Gasteiger partial charge in [-0.1, -0.05) is 25.1 Å². The van der Waals surface area contributed by atoms with Gasteiger partial charge < -0.3 is 0 Å². The Labute approximate surface area is 96.9 Å². The zero-order valence-corrected chi connectivity index (χ0v) is 10.2. The summed E-state index contributed by atoms with van der Waals surface area (Å²) < 4.78 is 26.7. The van der Waals surface area contributed by atoms with Crippen molar-refractivity contribution in [3.63, 3.8) is 0 Å². The fraction of sp³-hybridized carbons (Fsp3) is 0.500. The highest BCUT2D eigenvalue weighted by Gasteiger charge is 2.26. The summed E-state index contributed by atoms with van der Waals surface area (Å²) in [6.45, 7) is 2.16. The third kappa shape index (κ3) is 2.62. The molecule has 16 heavy (non-hydrogen) atoms. The van der Waals surface area contributed by atoms with Gasteiger partial charge in [-0.25, -0.2) is 13.1 Å². The molecule has 2 atom stereocenters. The first-order valence-corrected chi connectivity index (χ1v) is 7.13. The average molecular weight is 239 g/mol. The molecule has 0 heterocycles. The van der Waals surface area contributed by atoms with Crippen LogP contribution in [-0.2, 0) is 10.0 Å². The fourth-order valence-corrected chi connectivity index (χ4v) is 3.51. The van der Waals surface area contributed by atoms with Crippen molar-refractivity contribution < 1.29 is 8.42 Å². The molecule has 0 aliphatic heterocycles. The van der Waals surface area contributed by atoms with Crippen molar-refractivity contribution in [3.8, 4) is 0 Å². The monoisotopic (exact) mass is 239 g/mol. The molecule has 4 heteroatoms. The lowest BCUT2D eigenvalue weighted by atomic mass is 10.1. The molecule has 1 aliphatic rings. The quantitative estimate of drug-likeness (QED) is 0.878. The Morgan fingerprint density at radius 1 is 1.19 bits per heavy atom. The molecule has 0 spiro atoms. The van der Waals surface area contributed by atoms with E-state index in [0.29, 0.717) is 10.8 Å². The van der Waals surface area contributed by atoms with Gasteiger partial charge in [-0.2, -0.15) is 0 Å². The highest BCUT2D eigenvalue weighted by Crippen LogP contribution is 2.25. The second-order valence-electron chi connectivity index (χ2n) is 4.55. The summed E-state index contributed by atoms with van der Waals surface area (Å²) in [5.74, 6) is 0.628. The SMILES string of the molecule is C[C@H]1CC[C@H](NS(=O)(=O)c2ccccc2)C1. The van der Waals surface area contributed by atoms with E-state index in [2.05, 4.69) is 11.6 Å². The molecular weight excluding hydrogens is 222 g/mol. The maximum absolute atomic E-state index is 12.0. The summed E-state index contributed by atoms with van der Waals surface area (Å²) in [4.78, 5) is 0.356. The minimum atomic E-state index is -3.32. The fourth-order valence-electron chi connectivity index (χ4n) is 2.20. The van der Waals surface area contributed by atoms with Gasteiger partial charge in [0.2, 0.25) is 10.0 Å². The largest absolute Gasteiger partial charge is 0.240 e. The summed E-state index contributed by atoms with van der Waals surface area (Å²) >= 11 is 0. The zero-order chi connectivity index (χ0) is 11.6. The van der Waals surface area contributed by atoms with Gasteiger partial charge in [0.25, 0.3) is 0 Å². The molecular formula is C12H17NO2S.